The number of rotatable bonds is 13. The highest BCUT2D eigenvalue weighted by atomic mass is 19.2. The maximum absolute atomic E-state index is 15.3. The van der Waals surface area contributed by atoms with Crippen LogP contribution in [0, 0.1) is 34.9 Å². The molecule has 0 radical (unpaired) electrons. The first-order valence-corrected chi connectivity index (χ1v) is 16.9. The van der Waals surface area contributed by atoms with Crippen LogP contribution in [0.25, 0.3) is 11.1 Å². The molecule has 0 fully saturated rings. The van der Waals surface area contributed by atoms with E-state index in [1.807, 2.05) is 13.8 Å². The maximum atomic E-state index is 15.3. The Balaban J connectivity index is 1.20. The molecule has 49 heavy (non-hydrogen) atoms. The second-order valence-corrected chi connectivity index (χ2v) is 12.4. The Labute approximate surface area is 282 Å². The first-order chi connectivity index (χ1) is 23.6. The predicted molar refractivity (Wildman–Crippen MR) is 175 cm³/mol. The van der Waals surface area contributed by atoms with Crippen LogP contribution in [0.15, 0.2) is 48.6 Å². The van der Waals surface area contributed by atoms with Gasteiger partial charge in [0.1, 0.15) is 6.10 Å². The highest BCUT2D eigenvalue weighted by Crippen LogP contribution is 2.40. The van der Waals surface area contributed by atoms with Crippen LogP contribution >= 0.6 is 0 Å². The van der Waals surface area contributed by atoms with E-state index in [9.17, 15) is 22.4 Å². The van der Waals surface area contributed by atoms with Gasteiger partial charge in [0.15, 0.2) is 34.8 Å². The lowest BCUT2D eigenvalue weighted by atomic mass is 9.82. The van der Waals surface area contributed by atoms with Crippen molar-refractivity contribution >= 4 is 17.1 Å². The van der Waals surface area contributed by atoms with E-state index in [-0.39, 0.29) is 67.1 Å². The zero-order chi connectivity index (χ0) is 35.1. The van der Waals surface area contributed by atoms with Gasteiger partial charge in [-0.25, -0.2) is 22.4 Å². The molecule has 2 unspecified atom stereocenters. The summed E-state index contributed by atoms with van der Waals surface area (Å²) in [5, 5.41) is 0. The van der Waals surface area contributed by atoms with Crippen molar-refractivity contribution in [2.24, 2.45) is 0 Å². The van der Waals surface area contributed by atoms with Gasteiger partial charge >= 0.3 is 5.97 Å². The summed E-state index contributed by atoms with van der Waals surface area (Å²) >= 11 is 0. The first-order valence-electron chi connectivity index (χ1n) is 16.9. The molecule has 4 nitrogen and oxygen atoms in total. The Bertz CT molecular complexity index is 1730. The van der Waals surface area contributed by atoms with E-state index in [0.717, 1.165) is 12.8 Å². The second-order valence-electron chi connectivity index (χ2n) is 12.4. The molecule has 2 aliphatic carbocycles. The molecular weight excluding hydrogens is 646 g/mol. The minimum atomic E-state index is -1.32. The van der Waals surface area contributed by atoms with Crippen LogP contribution in [0.2, 0.25) is 0 Å². The normalized spacial score (nSPS) is 17.7. The molecule has 10 heteroatoms. The van der Waals surface area contributed by atoms with Crippen molar-refractivity contribution < 1.29 is 45.3 Å². The molecule has 0 spiro atoms. The summed E-state index contributed by atoms with van der Waals surface area (Å²) < 4.78 is 106. The average molecular weight is 687 g/mol. The maximum Gasteiger partial charge on any atom is 0.341 e. The number of ether oxygens (including phenoxy) is 3. The summed E-state index contributed by atoms with van der Waals surface area (Å²) in [6.45, 7) is 4.49. The smallest absolute Gasteiger partial charge is 0.341 e. The summed E-state index contributed by atoms with van der Waals surface area (Å²) in [5.74, 6) is -8.38. The molecule has 262 valence electrons. The van der Waals surface area contributed by atoms with E-state index in [1.54, 1.807) is 12.2 Å². The molecule has 3 aromatic rings. The Morgan fingerprint density at radius 2 is 1.20 bits per heavy atom. The molecule has 0 saturated heterocycles. The summed E-state index contributed by atoms with van der Waals surface area (Å²) in [7, 11) is 0. The fraction of sp³-hybridized carbons (Fsp3) is 0.410. The van der Waals surface area contributed by atoms with E-state index in [2.05, 4.69) is 0 Å². The largest absolute Gasteiger partial charge is 0.490 e. The number of esters is 1. The predicted octanol–water partition coefficient (Wildman–Crippen LogP) is 11.0. The SMILES string of the molecule is CCCCOc1ccc(C2=CCC(OC(=O)c3ccc(C4CC=C(c5ccc(OCCCC)c(F)c5F)CC4)c(F)c3F)CC2)c(F)c1F. The Morgan fingerprint density at radius 1 is 0.653 bits per heavy atom. The fourth-order valence-corrected chi connectivity index (χ4v) is 6.21. The third-order valence-corrected chi connectivity index (χ3v) is 9.12. The molecule has 0 saturated carbocycles. The molecular formula is C39H40F6O4. The van der Waals surface area contributed by atoms with Crippen LogP contribution < -0.4 is 9.47 Å². The molecule has 0 amide bonds. The Morgan fingerprint density at radius 3 is 1.69 bits per heavy atom. The number of benzene rings is 3. The van der Waals surface area contributed by atoms with Crippen molar-refractivity contribution in [3.63, 3.8) is 0 Å². The number of halogens is 6. The number of allylic oxidation sites excluding steroid dienone is 3. The van der Waals surface area contributed by atoms with Gasteiger partial charge in [0.25, 0.3) is 0 Å². The van der Waals surface area contributed by atoms with Gasteiger partial charge in [-0.2, -0.15) is 8.78 Å². The number of hydrogen-bond acceptors (Lipinski definition) is 4. The molecule has 0 aromatic heterocycles. The molecule has 2 aliphatic rings. The van der Waals surface area contributed by atoms with Crippen molar-refractivity contribution in [1.29, 1.82) is 0 Å². The summed E-state index contributed by atoms with van der Waals surface area (Å²) in [5.41, 5.74) is 0.860. The molecule has 3 aromatic carbocycles. The number of hydrogen-bond donors (Lipinski definition) is 0. The van der Waals surface area contributed by atoms with Crippen LogP contribution in [0.4, 0.5) is 26.3 Å². The molecule has 0 aliphatic heterocycles. The first kappa shape index (κ1) is 36.1. The van der Waals surface area contributed by atoms with Gasteiger partial charge in [0.05, 0.1) is 18.8 Å². The van der Waals surface area contributed by atoms with Crippen molar-refractivity contribution in [2.75, 3.05) is 13.2 Å². The van der Waals surface area contributed by atoms with E-state index >= 15 is 8.78 Å². The van der Waals surface area contributed by atoms with Crippen molar-refractivity contribution in [1.82, 2.24) is 0 Å². The molecule has 0 heterocycles. The Hall–Kier alpha value is -4.21. The van der Waals surface area contributed by atoms with Crippen LogP contribution in [-0.4, -0.2) is 25.3 Å². The molecule has 0 N–H and O–H groups in total. The van der Waals surface area contributed by atoms with E-state index in [0.29, 0.717) is 36.8 Å². The zero-order valence-corrected chi connectivity index (χ0v) is 27.7. The molecule has 5 rings (SSSR count). The molecule has 2 atom stereocenters. The monoisotopic (exact) mass is 686 g/mol. The lowest BCUT2D eigenvalue weighted by molar-refractivity contribution is 0.0278. The van der Waals surface area contributed by atoms with Crippen molar-refractivity contribution in [3.05, 3.63) is 106 Å². The van der Waals surface area contributed by atoms with Crippen LogP contribution in [0.5, 0.6) is 11.5 Å². The lowest BCUT2D eigenvalue weighted by Crippen LogP contribution is -2.22. The minimum absolute atomic E-state index is 0.0805. The molecule has 0 bridgehead atoms. The zero-order valence-electron chi connectivity index (χ0n) is 27.7. The average Bonchev–Trinajstić information content (AvgIpc) is 3.10. The van der Waals surface area contributed by atoms with Gasteiger partial charge in [-0.1, -0.05) is 44.9 Å². The van der Waals surface area contributed by atoms with E-state index in [4.69, 9.17) is 14.2 Å². The Kier molecular flexibility index (Phi) is 12.1. The van der Waals surface area contributed by atoms with Gasteiger partial charge < -0.3 is 14.2 Å². The highest BCUT2D eigenvalue weighted by Gasteiger charge is 2.29. The number of carbonyl (C=O) groups is 1. The standard InChI is InChI=1S/C39H40F6O4/c1-3-5-21-47-31-19-17-28(34(41)37(31)44)24-9-7-23(8-10-24)27-15-16-30(36(43)33(27)40)39(46)49-26-13-11-25(12-14-26)29-18-20-32(38(45)35(29)42)48-22-6-4-2/h9,11,15-20,23,26H,3-8,10,12-14,21-22H2,1-2H3. The van der Waals surface area contributed by atoms with Crippen LogP contribution in [0.1, 0.15) is 111 Å². The highest BCUT2D eigenvalue weighted by molar-refractivity contribution is 5.90. The second kappa shape index (κ2) is 16.5. The van der Waals surface area contributed by atoms with Gasteiger partial charge in [0, 0.05) is 17.5 Å². The van der Waals surface area contributed by atoms with Gasteiger partial charge in [0.2, 0.25) is 11.6 Å². The third kappa shape index (κ3) is 8.16. The fourth-order valence-electron chi connectivity index (χ4n) is 6.21. The number of carbonyl (C=O) groups excluding carboxylic acids is 1. The van der Waals surface area contributed by atoms with Crippen molar-refractivity contribution in [3.8, 4) is 11.5 Å². The summed E-state index contributed by atoms with van der Waals surface area (Å²) in [6, 6.07) is 8.26. The quantitative estimate of drug-likeness (QED) is 0.102. The summed E-state index contributed by atoms with van der Waals surface area (Å²) in [6.07, 6.45) is 7.52. The summed E-state index contributed by atoms with van der Waals surface area (Å²) in [4.78, 5) is 12.9. The van der Waals surface area contributed by atoms with Gasteiger partial charge in [-0.15, -0.1) is 0 Å². The minimum Gasteiger partial charge on any atom is -0.490 e. The van der Waals surface area contributed by atoms with E-state index in [1.165, 1.54) is 36.4 Å². The lowest BCUT2D eigenvalue weighted by Gasteiger charge is -2.25. The van der Waals surface area contributed by atoms with Gasteiger partial charge in [-0.3, -0.25) is 0 Å². The van der Waals surface area contributed by atoms with Crippen LogP contribution in [-0.2, 0) is 4.74 Å². The van der Waals surface area contributed by atoms with E-state index < -0.39 is 58.5 Å². The van der Waals surface area contributed by atoms with Crippen molar-refractivity contribution in [2.45, 2.75) is 90.1 Å². The number of unbranched alkanes of at least 4 members (excludes halogenated alkanes) is 2. The van der Waals surface area contributed by atoms with Gasteiger partial charge in [-0.05, 0) is 97.9 Å². The van der Waals surface area contributed by atoms with Crippen LogP contribution in [0.3, 0.4) is 0 Å². The topological polar surface area (TPSA) is 44.8 Å². The third-order valence-electron chi connectivity index (χ3n) is 9.12.